The molecule has 0 spiro atoms. The van der Waals surface area contributed by atoms with E-state index in [4.69, 9.17) is 11.6 Å². The highest BCUT2D eigenvalue weighted by Crippen LogP contribution is 2.17. The molecule has 22 heavy (non-hydrogen) atoms. The molecule has 4 heteroatoms. The Kier molecular flexibility index (Phi) is 5.99. The lowest BCUT2D eigenvalue weighted by Crippen LogP contribution is -2.18. The predicted molar refractivity (Wildman–Crippen MR) is 92.1 cm³/mol. The van der Waals surface area contributed by atoms with Crippen LogP contribution in [0.15, 0.2) is 48.5 Å². The zero-order valence-electron chi connectivity index (χ0n) is 12.9. The molecule has 1 atom stereocenters. The highest BCUT2D eigenvalue weighted by atomic mass is 35.5. The Morgan fingerprint density at radius 1 is 1.09 bits per heavy atom. The Bertz CT molecular complexity index is 608. The van der Waals surface area contributed by atoms with Gasteiger partial charge in [-0.25, -0.2) is 0 Å². The fourth-order valence-corrected chi connectivity index (χ4v) is 2.22. The van der Waals surface area contributed by atoms with Crippen LogP contribution in [0, 0.1) is 0 Å². The average molecular weight is 317 g/mol. The SMILES string of the molecule is CCC(=O)Nc1ccc([C@@H](C)NCc2ccc(Cl)cc2)cc1. The van der Waals surface area contributed by atoms with E-state index in [0.29, 0.717) is 6.42 Å². The van der Waals surface area contributed by atoms with Gasteiger partial charge in [-0.1, -0.05) is 42.8 Å². The maximum Gasteiger partial charge on any atom is 0.224 e. The molecule has 2 aromatic rings. The first-order valence-corrected chi connectivity index (χ1v) is 7.84. The predicted octanol–water partition coefficient (Wildman–Crippen LogP) is 4.54. The zero-order valence-corrected chi connectivity index (χ0v) is 13.7. The molecule has 0 aliphatic carbocycles. The number of hydrogen-bond donors (Lipinski definition) is 2. The Hall–Kier alpha value is -1.84. The first-order valence-electron chi connectivity index (χ1n) is 7.46. The van der Waals surface area contributed by atoms with E-state index in [-0.39, 0.29) is 11.9 Å². The van der Waals surface area contributed by atoms with E-state index in [0.717, 1.165) is 17.3 Å². The Morgan fingerprint density at radius 3 is 2.32 bits per heavy atom. The molecular weight excluding hydrogens is 296 g/mol. The Morgan fingerprint density at radius 2 is 1.73 bits per heavy atom. The second kappa shape index (κ2) is 7.97. The molecule has 0 unspecified atom stereocenters. The van der Waals surface area contributed by atoms with Crippen molar-refractivity contribution in [2.45, 2.75) is 32.9 Å². The molecule has 0 saturated heterocycles. The van der Waals surface area contributed by atoms with Crippen molar-refractivity contribution in [2.24, 2.45) is 0 Å². The lowest BCUT2D eigenvalue weighted by molar-refractivity contribution is -0.115. The second-order valence-electron chi connectivity index (χ2n) is 5.25. The maximum atomic E-state index is 11.4. The van der Waals surface area contributed by atoms with Gasteiger partial charge < -0.3 is 10.6 Å². The molecule has 1 amide bonds. The van der Waals surface area contributed by atoms with Crippen LogP contribution < -0.4 is 10.6 Å². The van der Waals surface area contributed by atoms with Crippen LogP contribution >= 0.6 is 11.6 Å². The van der Waals surface area contributed by atoms with Crippen molar-refractivity contribution >= 4 is 23.2 Å². The largest absolute Gasteiger partial charge is 0.326 e. The van der Waals surface area contributed by atoms with E-state index in [1.165, 1.54) is 11.1 Å². The summed E-state index contributed by atoms with van der Waals surface area (Å²) >= 11 is 5.88. The quantitative estimate of drug-likeness (QED) is 0.821. The smallest absolute Gasteiger partial charge is 0.224 e. The minimum Gasteiger partial charge on any atom is -0.326 e. The Labute approximate surface area is 136 Å². The van der Waals surface area contributed by atoms with Gasteiger partial charge in [-0.2, -0.15) is 0 Å². The summed E-state index contributed by atoms with van der Waals surface area (Å²) in [6.45, 7) is 4.74. The third kappa shape index (κ3) is 4.86. The summed E-state index contributed by atoms with van der Waals surface area (Å²) in [7, 11) is 0. The number of amides is 1. The summed E-state index contributed by atoms with van der Waals surface area (Å²) in [6.07, 6.45) is 0.487. The summed E-state index contributed by atoms with van der Waals surface area (Å²) in [5.41, 5.74) is 3.21. The van der Waals surface area contributed by atoms with Crippen LogP contribution in [0.3, 0.4) is 0 Å². The third-order valence-corrected chi connectivity index (χ3v) is 3.79. The molecule has 0 bridgehead atoms. The van der Waals surface area contributed by atoms with E-state index in [2.05, 4.69) is 17.6 Å². The molecule has 116 valence electrons. The van der Waals surface area contributed by atoms with Gasteiger partial charge in [0.05, 0.1) is 0 Å². The molecule has 3 nitrogen and oxygen atoms in total. The zero-order chi connectivity index (χ0) is 15.9. The van der Waals surface area contributed by atoms with Crippen LogP contribution in [0.5, 0.6) is 0 Å². The monoisotopic (exact) mass is 316 g/mol. The fraction of sp³-hybridized carbons (Fsp3) is 0.278. The number of rotatable bonds is 6. The third-order valence-electron chi connectivity index (χ3n) is 3.54. The van der Waals surface area contributed by atoms with Gasteiger partial charge in [-0.15, -0.1) is 0 Å². The highest BCUT2D eigenvalue weighted by Gasteiger charge is 2.06. The molecule has 0 fully saturated rings. The van der Waals surface area contributed by atoms with Crippen molar-refractivity contribution in [2.75, 3.05) is 5.32 Å². The molecule has 0 saturated carbocycles. The van der Waals surface area contributed by atoms with Crippen molar-refractivity contribution in [3.8, 4) is 0 Å². The minimum atomic E-state index is 0.0293. The van der Waals surface area contributed by atoms with Crippen LogP contribution in [-0.2, 0) is 11.3 Å². The van der Waals surface area contributed by atoms with E-state index in [1.807, 2.05) is 55.5 Å². The summed E-state index contributed by atoms with van der Waals surface area (Å²) in [5, 5.41) is 7.08. The van der Waals surface area contributed by atoms with Crippen LogP contribution in [0.25, 0.3) is 0 Å². The minimum absolute atomic E-state index is 0.0293. The van der Waals surface area contributed by atoms with E-state index < -0.39 is 0 Å². The molecule has 0 aliphatic rings. The van der Waals surface area contributed by atoms with Gasteiger partial charge >= 0.3 is 0 Å². The van der Waals surface area contributed by atoms with Crippen molar-refractivity contribution in [3.63, 3.8) is 0 Å². The summed E-state index contributed by atoms with van der Waals surface area (Å²) in [4.78, 5) is 11.4. The molecule has 0 aliphatic heterocycles. The van der Waals surface area contributed by atoms with Crippen LogP contribution in [0.4, 0.5) is 5.69 Å². The van der Waals surface area contributed by atoms with Gasteiger partial charge in [0.15, 0.2) is 0 Å². The second-order valence-corrected chi connectivity index (χ2v) is 5.69. The molecule has 2 N–H and O–H groups in total. The lowest BCUT2D eigenvalue weighted by Gasteiger charge is -2.15. The van der Waals surface area contributed by atoms with Crippen LogP contribution in [0.2, 0.25) is 5.02 Å². The maximum absolute atomic E-state index is 11.4. The van der Waals surface area contributed by atoms with Gasteiger partial charge in [0.1, 0.15) is 0 Å². The first kappa shape index (κ1) is 16.5. The topological polar surface area (TPSA) is 41.1 Å². The molecule has 2 rings (SSSR count). The van der Waals surface area contributed by atoms with Crippen molar-refractivity contribution < 1.29 is 4.79 Å². The van der Waals surface area contributed by atoms with E-state index >= 15 is 0 Å². The number of anilines is 1. The number of carbonyl (C=O) groups is 1. The van der Waals surface area contributed by atoms with Crippen LogP contribution in [0.1, 0.15) is 37.4 Å². The highest BCUT2D eigenvalue weighted by molar-refractivity contribution is 6.30. The van der Waals surface area contributed by atoms with Crippen molar-refractivity contribution in [1.29, 1.82) is 0 Å². The normalized spacial score (nSPS) is 12.0. The van der Waals surface area contributed by atoms with Crippen LogP contribution in [-0.4, -0.2) is 5.91 Å². The molecule has 0 radical (unpaired) electrons. The number of hydrogen-bond acceptors (Lipinski definition) is 2. The van der Waals surface area contributed by atoms with Gasteiger partial charge in [0, 0.05) is 29.7 Å². The number of carbonyl (C=O) groups excluding carboxylic acids is 1. The van der Waals surface area contributed by atoms with Crippen molar-refractivity contribution in [1.82, 2.24) is 5.32 Å². The molecule has 0 aromatic heterocycles. The summed E-state index contributed by atoms with van der Waals surface area (Å²) in [5.74, 6) is 0.0293. The van der Waals surface area contributed by atoms with Gasteiger partial charge in [0.2, 0.25) is 5.91 Å². The van der Waals surface area contributed by atoms with E-state index in [1.54, 1.807) is 0 Å². The average Bonchev–Trinajstić information content (AvgIpc) is 2.54. The summed E-state index contributed by atoms with van der Waals surface area (Å²) in [6, 6.07) is 16.0. The van der Waals surface area contributed by atoms with Gasteiger partial charge in [0.25, 0.3) is 0 Å². The van der Waals surface area contributed by atoms with Gasteiger partial charge in [-0.3, -0.25) is 4.79 Å². The molecule has 2 aromatic carbocycles. The van der Waals surface area contributed by atoms with Crippen molar-refractivity contribution in [3.05, 3.63) is 64.7 Å². The fourth-order valence-electron chi connectivity index (χ4n) is 2.10. The van der Waals surface area contributed by atoms with Gasteiger partial charge in [-0.05, 0) is 42.3 Å². The molecular formula is C18H21ClN2O. The number of nitrogens with one attached hydrogen (secondary N) is 2. The number of halogens is 1. The molecule has 0 heterocycles. The Balaban J connectivity index is 1.90. The first-order chi connectivity index (χ1) is 10.6. The lowest BCUT2D eigenvalue weighted by atomic mass is 10.1. The van der Waals surface area contributed by atoms with E-state index in [9.17, 15) is 4.79 Å². The standard InChI is InChI=1S/C18H21ClN2O/c1-3-18(22)21-17-10-6-15(7-11-17)13(2)20-12-14-4-8-16(19)9-5-14/h4-11,13,20H,3,12H2,1-2H3,(H,21,22)/t13-/m1/s1. The summed E-state index contributed by atoms with van der Waals surface area (Å²) < 4.78 is 0. The number of benzene rings is 2.